The summed E-state index contributed by atoms with van der Waals surface area (Å²) >= 11 is 0. The minimum atomic E-state index is -0.193. The van der Waals surface area contributed by atoms with Crippen LogP contribution < -0.4 is 5.32 Å². The summed E-state index contributed by atoms with van der Waals surface area (Å²) in [7, 11) is 0. The second kappa shape index (κ2) is 6.68. The average molecular weight is 267 g/mol. The number of rotatable bonds is 4. The first-order chi connectivity index (χ1) is 9.67. The number of nitrogens with one attached hydrogen (secondary N) is 1. The molecule has 0 aromatic heterocycles. The summed E-state index contributed by atoms with van der Waals surface area (Å²) in [6.45, 7) is 1.97. The van der Waals surface area contributed by atoms with E-state index in [1.54, 1.807) is 30.3 Å². The molecule has 1 amide bonds. The Morgan fingerprint density at radius 2 is 2.00 bits per heavy atom. The second-order valence-corrected chi connectivity index (χ2v) is 4.60. The summed E-state index contributed by atoms with van der Waals surface area (Å²) in [6.07, 6.45) is 3.28. The van der Waals surface area contributed by atoms with Crippen molar-refractivity contribution in [3.63, 3.8) is 0 Å². The fourth-order valence-electron chi connectivity index (χ4n) is 1.88. The van der Waals surface area contributed by atoms with Gasteiger partial charge >= 0.3 is 0 Å². The van der Waals surface area contributed by atoms with Crippen molar-refractivity contribution in [3.8, 4) is 0 Å². The van der Waals surface area contributed by atoms with Crippen molar-refractivity contribution in [1.82, 2.24) is 0 Å². The molecule has 3 heteroatoms. The van der Waals surface area contributed by atoms with Gasteiger partial charge in [-0.1, -0.05) is 42.0 Å². The maximum Gasteiger partial charge on any atom is 0.248 e. The first kappa shape index (κ1) is 14.0. The smallest absolute Gasteiger partial charge is 0.248 e. The molecule has 0 saturated heterocycles. The third kappa shape index (κ3) is 4.07. The lowest BCUT2D eigenvalue weighted by atomic mass is 10.1. The third-order valence-corrected chi connectivity index (χ3v) is 2.85. The van der Waals surface area contributed by atoms with E-state index in [4.69, 9.17) is 5.11 Å². The third-order valence-electron chi connectivity index (χ3n) is 2.85. The normalized spacial score (nSPS) is 10.7. The zero-order valence-corrected chi connectivity index (χ0v) is 11.3. The molecule has 2 aromatic carbocycles. The number of aryl methyl sites for hydroxylation is 1. The van der Waals surface area contributed by atoms with E-state index < -0.39 is 0 Å². The van der Waals surface area contributed by atoms with Crippen LogP contribution in [0, 0.1) is 6.92 Å². The van der Waals surface area contributed by atoms with Gasteiger partial charge in [-0.2, -0.15) is 0 Å². The zero-order chi connectivity index (χ0) is 14.4. The van der Waals surface area contributed by atoms with Gasteiger partial charge in [-0.3, -0.25) is 4.79 Å². The molecule has 0 heterocycles. The Hall–Kier alpha value is -2.39. The molecule has 3 nitrogen and oxygen atoms in total. The van der Waals surface area contributed by atoms with Crippen LogP contribution in [-0.4, -0.2) is 11.0 Å². The van der Waals surface area contributed by atoms with E-state index in [0.29, 0.717) is 5.69 Å². The van der Waals surface area contributed by atoms with Crippen LogP contribution in [0.2, 0.25) is 0 Å². The molecular weight excluding hydrogens is 250 g/mol. The highest BCUT2D eigenvalue weighted by Crippen LogP contribution is 2.11. The van der Waals surface area contributed by atoms with Crippen molar-refractivity contribution < 1.29 is 9.90 Å². The van der Waals surface area contributed by atoms with Crippen LogP contribution in [0.1, 0.15) is 16.7 Å². The first-order valence-electron chi connectivity index (χ1n) is 6.43. The minimum absolute atomic E-state index is 0.0388. The van der Waals surface area contributed by atoms with E-state index in [0.717, 1.165) is 16.7 Å². The number of carbonyl (C=O) groups is 1. The summed E-state index contributed by atoms with van der Waals surface area (Å²) in [5, 5.41) is 11.8. The molecule has 0 atom stereocenters. The predicted octanol–water partition coefficient (Wildman–Crippen LogP) is 3.14. The second-order valence-electron chi connectivity index (χ2n) is 4.60. The number of aliphatic hydroxyl groups is 1. The Labute approximate surface area is 118 Å². The van der Waals surface area contributed by atoms with Crippen molar-refractivity contribution in [2.75, 3.05) is 5.32 Å². The van der Waals surface area contributed by atoms with Crippen LogP contribution in [0.15, 0.2) is 54.6 Å². The van der Waals surface area contributed by atoms with Gasteiger partial charge in [-0.05, 0) is 36.3 Å². The van der Waals surface area contributed by atoms with Gasteiger partial charge in [-0.25, -0.2) is 0 Å². The Bertz CT molecular complexity index is 632. The lowest BCUT2D eigenvalue weighted by molar-refractivity contribution is -0.111. The quantitative estimate of drug-likeness (QED) is 0.836. The van der Waals surface area contributed by atoms with Gasteiger partial charge in [0.1, 0.15) is 0 Å². The number of hydrogen-bond donors (Lipinski definition) is 2. The van der Waals surface area contributed by atoms with Crippen molar-refractivity contribution in [2.24, 2.45) is 0 Å². The van der Waals surface area contributed by atoms with Crippen molar-refractivity contribution in [2.45, 2.75) is 13.5 Å². The Morgan fingerprint density at radius 3 is 2.75 bits per heavy atom. The molecule has 0 aliphatic heterocycles. The standard InChI is InChI=1S/C17H17NO2/c1-13-4-2-5-14(10-13)8-9-17(20)18-16-7-3-6-15(11-16)12-19/h2-11,19H,12H2,1H3,(H,18,20)/b9-8+. The van der Waals surface area contributed by atoms with Crippen LogP contribution in [0.25, 0.3) is 6.08 Å². The molecule has 2 aromatic rings. The van der Waals surface area contributed by atoms with Gasteiger partial charge in [0.05, 0.1) is 6.61 Å². The number of aliphatic hydroxyl groups excluding tert-OH is 1. The van der Waals surface area contributed by atoms with Gasteiger partial charge in [-0.15, -0.1) is 0 Å². The lowest BCUT2D eigenvalue weighted by Crippen LogP contribution is -2.07. The molecular formula is C17H17NO2. The van der Waals surface area contributed by atoms with Crippen LogP contribution in [-0.2, 0) is 11.4 Å². The molecule has 0 radical (unpaired) electrons. The van der Waals surface area contributed by atoms with E-state index in [1.165, 1.54) is 6.08 Å². The molecule has 0 aliphatic carbocycles. The van der Waals surface area contributed by atoms with Gasteiger partial charge in [0, 0.05) is 11.8 Å². The largest absolute Gasteiger partial charge is 0.392 e. The average Bonchev–Trinajstić information content (AvgIpc) is 2.45. The molecule has 0 fully saturated rings. The number of carbonyl (C=O) groups excluding carboxylic acids is 1. The number of benzene rings is 2. The van der Waals surface area contributed by atoms with Gasteiger partial charge in [0.2, 0.25) is 5.91 Å². The molecule has 102 valence electrons. The van der Waals surface area contributed by atoms with Crippen LogP contribution in [0.3, 0.4) is 0 Å². The lowest BCUT2D eigenvalue weighted by Gasteiger charge is -2.03. The Kier molecular flexibility index (Phi) is 4.69. The minimum Gasteiger partial charge on any atom is -0.392 e. The molecule has 2 N–H and O–H groups in total. The molecule has 0 bridgehead atoms. The van der Waals surface area contributed by atoms with Crippen molar-refractivity contribution in [1.29, 1.82) is 0 Å². The summed E-state index contributed by atoms with van der Waals surface area (Å²) in [5.74, 6) is -0.193. The predicted molar refractivity (Wildman–Crippen MR) is 81.2 cm³/mol. The summed E-state index contributed by atoms with van der Waals surface area (Å²) in [5.41, 5.74) is 3.59. The highest BCUT2D eigenvalue weighted by Gasteiger charge is 1.99. The Morgan fingerprint density at radius 1 is 1.20 bits per heavy atom. The van der Waals surface area contributed by atoms with E-state index >= 15 is 0 Å². The van der Waals surface area contributed by atoms with E-state index in [1.807, 2.05) is 31.2 Å². The van der Waals surface area contributed by atoms with Crippen molar-refractivity contribution in [3.05, 3.63) is 71.3 Å². The molecule has 20 heavy (non-hydrogen) atoms. The highest BCUT2D eigenvalue weighted by atomic mass is 16.3. The van der Waals surface area contributed by atoms with Gasteiger partial charge in [0.15, 0.2) is 0 Å². The SMILES string of the molecule is Cc1cccc(/C=C/C(=O)Nc2cccc(CO)c2)c1. The summed E-state index contributed by atoms with van der Waals surface area (Å²) in [6, 6.07) is 15.1. The van der Waals surface area contributed by atoms with E-state index in [2.05, 4.69) is 5.32 Å². The molecule has 0 aliphatic rings. The van der Waals surface area contributed by atoms with Crippen LogP contribution in [0.4, 0.5) is 5.69 Å². The van der Waals surface area contributed by atoms with Crippen LogP contribution >= 0.6 is 0 Å². The van der Waals surface area contributed by atoms with Gasteiger partial charge < -0.3 is 10.4 Å². The summed E-state index contributed by atoms with van der Waals surface area (Å²) in [4.78, 5) is 11.8. The zero-order valence-electron chi connectivity index (χ0n) is 11.3. The fraction of sp³-hybridized carbons (Fsp3) is 0.118. The van der Waals surface area contributed by atoms with E-state index in [9.17, 15) is 4.79 Å². The van der Waals surface area contributed by atoms with E-state index in [-0.39, 0.29) is 12.5 Å². The molecule has 0 unspecified atom stereocenters. The number of amides is 1. The molecule has 0 spiro atoms. The maximum atomic E-state index is 11.8. The monoisotopic (exact) mass is 267 g/mol. The van der Waals surface area contributed by atoms with Gasteiger partial charge in [0.25, 0.3) is 0 Å². The topological polar surface area (TPSA) is 49.3 Å². The fourth-order valence-corrected chi connectivity index (χ4v) is 1.88. The first-order valence-corrected chi connectivity index (χ1v) is 6.43. The highest BCUT2D eigenvalue weighted by molar-refractivity contribution is 6.01. The number of hydrogen-bond acceptors (Lipinski definition) is 2. The van der Waals surface area contributed by atoms with Crippen LogP contribution in [0.5, 0.6) is 0 Å². The molecule has 0 saturated carbocycles. The summed E-state index contributed by atoms with van der Waals surface area (Å²) < 4.78 is 0. The number of anilines is 1. The molecule has 2 rings (SSSR count). The van der Waals surface area contributed by atoms with Crippen molar-refractivity contribution >= 4 is 17.7 Å². The maximum absolute atomic E-state index is 11.8. The Balaban J connectivity index is 2.01.